The Balaban J connectivity index is 0.000000112. The van der Waals surface area contributed by atoms with E-state index in [1.165, 1.54) is 9.40 Å². The molecule has 0 aliphatic heterocycles. The molecule has 0 bridgehead atoms. The first-order valence-electron chi connectivity index (χ1n) is 4.07. The molecule has 0 saturated heterocycles. The van der Waals surface area contributed by atoms with E-state index < -0.39 is 0 Å². The second-order valence-corrected chi connectivity index (χ2v) is 4.36. The van der Waals surface area contributed by atoms with Gasteiger partial charge in [-0.15, -0.1) is 22.7 Å². The van der Waals surface area contributed by atoms with E-state index >= 15 is 0 Å². The second kappa shape index (κ2) is 4.83. The van der Waals surface area contributed by atoms with Crippen molar-refractivity contribution in [3.05, 3.63) is 47.7 Å². The minimum Gasteiger partial charge on any atom is -0.262 e. The Hall–Kier alpha value is -1.26. The highest BCUT2D eigenvalue weighted by Gasteiger charge is 1.90. The number of hydrogen-bond donors (Lipinski definition) is 0. The first-order valence-corrected chi connectivity index (χ1v) is 5.83. The highest BCUT2D eigenvalue weighted by molar-refractivity contribution is 7.25. The van der Waals surface area contributed by atoms with Crippen LogP contribution in [0.25, 0.3) is 9.40 Å². The first-order chi connectivity index (χ1) is 6.97. The zero-order valence-corrected chi connectivity index (χ0v) is 8.96. The van der Waals surface area contributed by atoms with Gasteiger partial charge in [-0.3, -0.25) is 9.97 Å². The molecule has 0 aliphatic rings. The third-order valence-corrected chi connectivity index (χ3v) is 3.44. The van der Waals surface area contributed by atoms with Crippen molar-refractivity contribution in [2.45, 2.75) is 0 Å². The van der Waals surface area contributed by atoms with Gasteiger partial charge in [0.2, 0.25) is 0 Å². The van der Waals surface area contributed by atoms with E-state index in [-0.39, 0.29) is 0 Å². The van der Waals surface area contributed by atoms with Crippen molar-refractivity contribution in [1.29, 1.82) is 0 Å². The zero-order chi connectivity index (χ0) is 9.64. The summed E-state index contributed by atoms with van der Waals surface area (Å²) in [6.45, 7) is 0. The van der Waals surface area contributed by atoms with Crippen molar-refractivity contribution in [2.75, 3.05) is 0 Å². The molecule has 0 spiro atoms. The maximum Gasteiger partial charge on any atom is 0.0451 e. The van der Waals surface area contributed by atoms with Crippen LogP contribution in [0, 0.1) is 0 Å². The molecule has 0 radical (unpaired) electrons. The standard InChI is InChI=1S/C6H4S2.C4H4N2/c1-3-7-6-2-4-8-5(1)6;1-2-6-4-3-5-1/h1-4H;1-4H. The maximum atomic E-state index is 3.72. The molecular weight excluding hydrogens is 212 g/mol. The number of aromatic nitrogens is 2. The summed E-state index contributed by atoms with van der Waals surface area (Å²) in [6, 6.07) is 4.31. The predicted octanol–water partition coefficient (Wildman–Crippen LogP) is 3.44. The van der Waals surface area contributed by atoms with Crippen LogP contribution in [0.4, 0.5) is 0 Å². The molecular formula is C10H8N2S2. The number of thiophene rings is 2. The van der Waals surface area contributed by atoms with Gasteiger partial charge in [-0.05, 0) is 22.9 Å². The molecule has 14 heavy (non-hydrogen) atoms. The molecule has 3 rings (SSSR count). The Labute approximate surface area is 89.9 Å². The molecule has 3 aromatic rings. The van der Waals surface area contributed by atoms with Gasteiger partial charge in [-0.1, -0.05) is 0 Å². The largest absolute Gasteiger partial charge is 0.262 e. The minimum absolute atomic E-state index is 1.41. The molecule has 3 heterocycles. The summed E-state index contributed by atoms with van der Waals surface area (Å²) in [5.74, 6) is 0. The Morgan fingerprint density at radius 3 is 1.50 bits per heavy atom. The van der Waals surface area contributed by atoms with Gasteiger partial charge in [0.25, 0.3) is 0 Å². The van der Waals surface area contributed by atoms with E-state index in [0.29, 0.717) is 0 Å². The lowest BCUT2D eigenvalue weighted by molar-refractivity contribution is 1.20. The lowest BCUT2D eigenvalue weighted by atomic mass is 10.5. The van der Waals surface area contributed by atoms with Crippen LogP contribution in [0.5, 0.6) is 0 Å². The molecule has 0 amide bonds. The summed E-state index contributed by atoms with van der Waals surface area (Å²) in [5, 5.41) is 4.25. The van der Waals surface area contributed by atoms with Gasteiger partial charge in [-0.2, -0.15) is 0 Å². The lowest BCUT2D eigenvalue weighted by Gasteiger charge is -1.70. The van der Waals surface area contributed by atoms with Gasteiger partial charge < -0.3 is 0 Å². The zero-order valence-electron chi connectivity index (χ0n) is 7.33. The molecule has 0 unspecified atom stereocenters. The van der Waals surface area contributed by atoms with Crippen LogP contribution in [0.15, 0.2) is 47.7 Å². The SMILES string of the molecule is c1cc2sccc2s1.c1cnccn1. The summed E-state index contributed by atoms with van der Waals surface area (Å²) in [4.78, 5) is 7.44. The molecule has 4 heteroatoms. The second-order valence-electron chi connectivity index (χ2n) is 2.46. The monoisotopic (exact) mass is 220 g/mol. The molecule has 0 N–H and O–H groups in total. The normalized spacial score (nSPS) is 9.43. The molecule has 0 aromatic carbocycles. The topological polar surface area (TPSA) is 25.8 Å². The Kier molecular flexibility index (Phi) is 3.21. The summed E-state index contributed by atoms with van der Waals surface area (Å²) in [6.07, 6.45) is 6.56. The summed E-state index contributed by atoms with van der Waals surface area (Å²) >= 11 is 3.61. The fraction of sp³-hybridized carbons (Fsp3) is 0. The van der Waals surface area contributed by atoms with Gasteiger partial charge in [0.1, 0.15) is 0 Å². The molecule has 2 nitrogen and oxygen atoms in total. The third-order valence-electron chi connectivity index (χ3n) is 1.55. The van der Waals surface area contributed by atoms with Crippen LogP contribution in [0.2, 0.25) is 0 Å². The van der Waals surface area contributed by atoms with Gasteiger partial charge in [0.05, 0.1) is 0 Å². The average molecular weight is 220 g/mol. The van der Waals surface area contributed by atoms with E-state index in [2.05, 4.69) is 32.9 Å². The van der Waals surface area contributed by atoms with Gasteiger partial charge in [0, 0.05) is 34.2 Å². The molecule has 70 valence electrons. The molecule has 0 saturated carbocycles. The van der Waals surface area contributed by atoms with E-state index in [9.17, 15) is 0 Å². The van der Waals surface area contributed by atoms with Crippen molar-refractivity contribution >= 4 is 32.1 Å². The molecule has 0 atom stereocenters. The highest BCUT2D eigenvalue weighted by Crippen LogP contribution is 2.25. The van der Waals surface area contributed by atoms with Crippen molar-refractivity contribution in [3.8, 4) is 0 Å². The average Bonchev–Trinajstić information content (AvgIpc) is 2.82. The van der Waals surface area contributed by atoms with Crippen molar-refractivity contribution in [2.24, 2.45) is 0 Å². The van der Waals surface area contributed by atoms with Crippen LogP contribution in [0.3, 0.4) is 0 Å². The smallest absolute Gasteiger partial charge is 0.0451 e. The van der Waals surface area contributed by atoms with Crippen LogP contribution in [0.1, 0.15) is 0 Å². The third kappa shape index (κ3) is 2.37. The predicted molar refractivity (Wildman–Crippen MR) is 61.7 cm³/mol. The van der Waals surface area contributed by atoms with E-state index in [1.807, 2.05) is 0 Å². The van der Waals surface area contributed by atoms with Gasteiger partial charge in [0.15, 0.2) is 0 Å². The van der Waals surface area contributed by atoms with Gasteiger partial charge >= 0.3 is 0 Å². The quantitative estimate of drug-likeness (QED) is 0.580. The molecule has 0 fully saturated rings. The maximum absolute atomic E-state index is 3.72. The first kappa shape index (κ1) is 9.30. The van der Waals surface area contributed by atoms with Crippen molar-refractivity contribution in [1.82, 2.24) is 9.97 Å². The summed E-state index contributed by atoms with van der Waals surface area (Å²) < 4.78 is 2.82. The van der Waals surface area contributed by atoms with Crippen LogP contribution in [-0.2, 0) is 0 Å². The number of hydrogen-bond acceptors (Lipinski definition) is 4. The summed E-state index contributed by atoms with van der Waals surface area (Å²) in [5.41, 5.74) is 0. The Morgan fingerprint density at radius 2 is 1.14 bits per heavy atom. The minimum atomic E-state index is 1.41. The number of nitrogens with zero attached hydrogens (tertiary/aromatic N) is 2. The number of rotatable bonds is 0. The summed E-state index contributed by atoms with van der Waals surface area (Å²) in [7, 11) is 0. The highest BCUT2D eigenvalue weighted by atomic mass is 32.1. The van der Waals surface area contributed by atoms with Crippen molar-refractivity contribution < 1.29 is 0 Å². The van der Waals surface area contributed by atoms with Crippen LogP contribution in [-0.4, -0.2) is 9.97 Å². The van der Waals surface area contributed by atoms with Crippen LogP contribution >= 0.6 is 22.7 Å². The van der Waals surface area contributed by atoms with E-state index in [1.54, 1.807) is 47.5 Å². The Bertz CT molecular complexity index is 395. The van der Waals surface area contributed by atoms with E-state index in [0.717, 1.165) is 0 Å². The number of fused-ring (bicyclic) bond motifs is 1. The fourth-order valence-corrected chi connectivity index (χ4v) is 2.77. The fourth-order valence-electron chi connectivity index (χ4n) is 0.951. The lowest BCUT2D eigenvalue weighted by Crippen LogP contribution is -1.66. The molecule has 3 aromatic heterocycles. The molecule has 0 aliphatic carbocycles. The van der Waals surface area contributed by atoms with E-state index in [4.69, 9.17) is 0 Å². The van der Waals surface area contributed by atoms with Gasteiger partial charge in [-0.25, -0.2) is 0 Å². The Morgan fingerprint density at radius 1 is 0.714 bits per heavy atom. The van der Waals surface area contributed by atoms with Crippen molar-refractivity contribution in [3.63, 3.8) is 0 Å². The van der Waals surface area contributed by atoms with Crippen LogP contribution < -0.4 is 0 Å².